The molecule has 2 saturated heterocycles. The molecule has 7 nitrogen and oxygen atoms in total. The second kappa shape index (κ2) is 8.98. The van der Waals surface area contributed by atoms with E-state index < -0.39 is 0 Å². The van der Waals surface area contributed by atoms with Crippen LogP contribution in [-0.4, -0.2) is 60.0 Å². The highest BCUT2D eigenvalue weighted by atomic mass is 16.1. The summed E-state index contributed by atoms with van der Waals surface area (Å²) in [5, 5.41) is 4.41. The molecule has 0 aliphatic carbocycles. The molecule has 1 atom stereocenters. The summed E-state index contributed by atoms with van der Waals surface area (Å²) in [6.45, 7) is 6.10. The fraction of sp³-hybridized carbons (Fsp3) is 0.423. The van der Waals surface area contributed by atoms with E-state index in [0.29, 0.717) is 17.7 Å². The highest BCUT2D eigenvalue weighted by Gasteiger charge is 2.32. The number of hydrogen-bond acceptors (Lipinski definition) is 5. The van der Waals surface area contributed by atoms with Gasteiger partial charge in [0.2, 0.25) is 0 Å². The lowest BCUT2D eigenvalue weighted by molar-refractivity contribution is 0.0958. The molecule has 0 saturated carbocycles. The summed E-state index contributed by atoms with van der Waals surface area (Å²) >= 11 is 0. The van der Waals surface area contributed by atoms with Crippen molar-refractivity contribution < 1.29 is 4.79 Å². The van der Waals surface area contributed by atoms with E-state index in [4.69, 9.17) is 0 Å². The molecule has 3 aromatic rings. The van der Waals surface area contributed by atoms with Gasteiger partial charge in [0.05, 0.1) is 11.9 Å². The van der Waals surface area contributed by atoms with Crippen LogP contribution in [0.5, 0.6) is 0 Å². The molecule has 2 aliphatic heterocycles. The Morgan fingerprint density at radius 2 is 1.91 bits per heavy atom. The van der Waals surface area contributed by atoms with E-state index >= 15 is 0 Å². The van der Waals surface area contributed by atoms with Crippen molar-refractivity contribution >= 4 is 22.4 Å². The van der Waals surface area contributed by atoms with Gasteiger partial charge < -0.3 is 15.2 Å². The number of hydrogen-bond donors (Lipinski definition) is 2. The van der Waals surface area contributed by atoms with Crippen LogP contribution in [0.2, 0.25) is 0 Å². The van der Waals surface area contributed by atoms with Gasteiger partial charge in [-0.3, -0.25) is 14.5 Å². The molecule has 0 spiro atoms. The average molecular weight is 446 g/mol. The van der Waals surface area contributed by atoms with E-state index in [1.54, 1.807) is 7.05 Å². The summed E-state index contributed by atoms with van der Waals surface area (Å²) in [6, 6.07) is 12.4. The number of carbonyl (C=O) groups excluding carboxylic acids is 1. The summed E-state index contributed by atoms with van der Waals surface area (Å²) < 4.78 is 0. The zero-order valence-corrected chi connectivity index (χ0v) is 19.3. The van der Waals surface area contributed by atoms with Crippen molar-refractivity contribution in [3.63, 3.8) is 0 Å². The first kappa shape index (κ1) is 21.6. The number of piperidine rings is 1. The van der Waals surface area contributed by atoms with Crippen LogP contribution in [0.3, 0.4) is 0 Å². The zero-order valence-electron chi connectivity index (χ0n) is 19.3. The Kier molecular flexibility index (Phi) is 5.89. The van der Waals surface area contributed by atoms with Gasteiger partial charge in [0, 0.05) is 49.7 Å². The number of pyridine rings is 2. The maximum atomic E-state index is 12.5. The van der Waals surface area contributed by atoms with Crippen LogP contribution >= 0.6 is 0 Å². The molecule has 2 aromatic heterocycles. The number of aromatic nitrogens is 2. The van der Waals surface area contributed by atoms with Gasteiger partial charge in [-0.2, -0.15) is 0 Å². The molecule has 2 N–H and O–H groups in total. The van der Waals surface area contributed by atoms with E-state index in [1.165, 1.54) is 0 Å². The van der Waals surface area contributed by atoms with E-state index in [9.17, 15) is 9.59 Å². The molecule has 1 amide bonds. The fourth-order valence-electron chi connectivity index (χ4n) is 5.43. The number of nitrogens with zero attached hydrogens (tertiary/aromatic N) is 3. The quantitative estimate of drug-likeness (QED) is 0.645. The number of H-pyrrole nitrogens is 1. The maximum absolute atomic E-state index is 12.5. The summed E-state index contributed by atoms with van der Waals surface area (Å²) in [7, 11) is 1.62. The molecular weight excluding hydrogens is 414 g/mol. The standard InChI is InChI=1S/C26H31N5O2/c1-17-13-23(26(33)27-2)28-15-24(17)30-11-8-20(9-12-30)31-10-7-19(16-31)22-14-18-5-3-4-6-21(18)25(32)29-22/h3-6,13-15,19-20H,7-12,16H2,1-2H3,(H,27,33)(H,29,32). The highest BCUT2D eigenvalue weighted by molar-refractivity contribution is 5.92. The minimum atomic E-state index is -0.153. The van der Waals surface area contributed by atoms with E-state index in [1.807, 2.05) is 43.5 Å². The maximum Gasteiger partial charge on any atom is 0.269 e. The number of anilines is 1. The molecule has 5 rings (SSSR count). The van der Waals surface area contributed by atoms with Gasteiger partial charge in [0.25, 0.3) is 11.5 Å². The Morgan fingerprint density at radius 3 is 2.67 bits per heavy atom. The first-order valence-corrected chi connectivity index (χ1v) is 11.8. The number of aromatic amines is 1. The molecule has 0 radical (unpaired) electrons. The number of likely N-dealkylation sites (tertiary alicyclic amines) is 1. The van der Waals surface area contributed by atoms with Gasteiger partial charge in [-0.15, -0.1) is 0 Å². The summed E-state index contributed by atoms with van der Waals surface area (Å²) in [5.41, 5.74) is 3.75. The predicted molar refractivity (Wildman–Crippen MR) is 131 cm³/mol. The van der Waals surface area contributed by atoms with Crippen LogP contribution in [0.15, 0.2) is 47.4 Å². The molecule has 4 heterocycles. The number of amides is 1. The van der Waals surface area contributed by atoms with Crippen molar-refractivity contribution in [1.82, 2.24) is 20.2 Å². The van der Waals surface area contributed by atoms with Crippen molar-refractivity contribution in [3.05, 3.63) is 69.9 Å². The Balaban J connectivity index is 1.22. The summed E-state index contributed by atoms with van der Waals surface area (Å²) in [6.07, 6.45) is 5.13. The molecule has 1 unspecified atom stereocenters. The average Bonchev–Trinajstić information content (AvgIpc) is 3.34. The molecule has 172 valence electrons. The molecule has 2 aliphatic rings. The van der Waals surface area contributed by atoms with E-state index in [0.717, 1.165) is 73.2 Å². The Labute approximate surface area is 193 Å². The van der Waals surface area contributed by atoms with Crippen molar-refractivity contribution in [2.24, 2.45) is 0 Å². The Hall–Kier alpha value is -3.19. The van der Waals surface area contributed by atoms with Crippen LogP contribution < -0.4 is 15.8 Å². The largest absolute Gasteiger partial charge is 0.370 e. The predicted octanol–water partition coefficient (Wildman–Crippen LogP) is 3.05. The normalized spacial score (nSPS) is 19.8. The van der Waals surface area contributed by atoms with Gasteiger partial charge in [0.1, 0.15) is 5.69 Å². The van der Waals surface area contributed by atoms with Crippen LogP contribution in [-0.2, 0) is 0 Å². The van der Waals surface area contributed by atoms with Crippen LogP contribution in [0.1, 0.15) is 46.9 Å². The third kappa shape index (κ3) is 4.25. The second-order valence-corrected chi connectivity index (χ2v) is 9.27. The van der Waals surface area contributed by atoms with Gasteiger partial charge in [-0.05, 0) is 61.9 Å². The highest BCUT2D eigenvalue weighted by Crippen LogP contribution is 2.32. The Bertz CT molecular complexity index is 1230. The minimum Gasteiger partial charge on any atom is -0.370 e. The lowest BCUT2D eigenvalue weighted by atomic mass is 10.0. The number of carbonyl (C=O) groups is 1. The molecule has 2 fully saturated rings. The van der Waals surface area contributed by atoms with Gasteiger partial charge in [-0.1, -0.05) is 18.2 Å². The molecular formula is C26H31N5O2. The molecule has 0 bridgehead atoms. The fourth-order valence-corrected chi connectivity index (χ4v) is 5.43. The topological polar surface area (TPSA) is 81.3 Å². The SMILES string of the molecule is CNC(=O)c1cc(C)c(N2CCC(N3CCC(c4cc5ccccc5c(=O)[nH]4)C3)CC2)cn1. The van der Waals surface area contributed by atoms with Crippen molar-refractivity contribution in [2.45, 2.75) is 38.1 Å². The van der Waals surface area contributed by atoms with E-state index in [2.05, 4.69) is 31.2 Å². The van der Waals surface area contributed by atoms with Gasteiger partial charge >= 0.3 is 0 Å². The third-order valence-electron chi connectivity index (χ3n) is 7.30. The zero-order chi connectivity index (χ0) is 22.9. The monoisotopic (exact) mass is 445 g/mol. The molecule has 7 heteroatoms. The Morgan fingerprint density at radius 1 is 1.12 bits per heavy atom. The lowest BCUT2D eigenvalue weighted by Crippen LogP contribution is -2.44. The van der Waals surface area contributed by atoms with E-state index in [-0.39, 0.29) is 11.5 Å². The summed E-state index contributed by atoms with van der Waals surface area (Å²) in [4.78, 5) is 36.9. The number of nitrogens with one attached hydrogen (secondary N) is 2. The third-order valence-corrected chi connectivity index (χ3v) is 7.30. The van der Waals surface area contributed by atoms with Crippen LogP contribution in [0, 0.1) is 6.92 Å². The van der Waals surface area contributed by atoms with Gasteiger partial charge in [0.15, 0.2) is 0 Å². The van der Waals surface area contributed by atoms with Gasteiger partial charge in [-0.25, -0.2) is 4.98 Å². The molecule has 1 aromatic carbocycles. The lowest BCUT2D eigenvalue weighted by Gasteiger charge is -2.38. The van der Waals surface area contributed by atoms with Crippen molar-refractivity contribution in [3.8, 4) is 0 Å². The summed E-state index contributed by atoms with van der Waals surface area (Å²) in [5.74, 6) is 0.226. The number of rotatable bonds is 4. The van der Waals surface area contributed by atoms with Crippen LogP contribution in [0.4, 0.5) is 5.69 Å². The van der Waals surface area contributed by atoms with Crippen molar-refractivity contribution in [1.29, 1.82) is 0 Å². The first-order chi connectivity index (χ1) is 16.0. The smallest absolute Gasteiger partial charge is 0.269 e. The molecule has 33 heavy (non-hydrogen) atoms. The second-order valence-electron chi connectivity index (χ2n) is 9.27. The number of aryl methyl sites for hydroxylation is 1. The minimum absolute atomic E-state index is 0.0151. The number of benzene rings is 1. The van der Waals surface area contributed by atoms with Crippen molar-refractivity contribution in [2.75, 3.05) is 38.1 Å². The van der Waals surface area contributed by atoms with Crippen LogP contribution in [0.25, 0.3) is 10.8 Å². The first-order valence-electron chi connectivity index (χ1n) is 11.8. The number of fused-ring (bicyclic) bond motifs is 1.